The zero-order valence-electron chi connectivity index (χ0n) is 15.8. The first-order valence-corrected chi connectivity index (χ1v) is 9.93. The Morgan fingerprint density at radius 3 is 2.77 bits per heavy atom. The Labute approximate surface area is 174 Å². The largest absolute Gasteiger partial charge is 0.459 e. The third kappa shape index (κ3) is 3.54. The van der Waals surface area contributed by atoms with Crippen LogP contribution in [0.1, 0.15) is 29.4 Å². The Morgan fingerprint density at radius 2 is 2.17 bits per heavy atom. The third-order valence-corrected chi connectivity index (χ3v) is 6.65. The molecule has 156 valence electrons. The Bertz CT molecular complexity index is 1020. The Balaban J connectivity index is 1.49. The summed E-state index contributed by atoms with van der Waals surface area (Å²) in [5.41, 5.74) is 0.718. The molecule has 4 rings (SSSR count). The van der Waals surface area contributed by atoms with E-state index in [1.807, 2.05) is 6.92 Å². The van der Waals surface area contributed by atoms with E-state index < -0.39 is 21.7 Å². The van der Waals surface area contributed by atoms with Gasteiger partial charge in [0.15, 0.2) is 6.29 Å². The highest BCUT2D eigenvalue weighted by atomic mass is 32.2. The Kier molecular flexibility index (Phi) is 5.02. The van der Waals surface area contributed by atoms with Crippen molar-refractivity contribution in [1.29, 1.82) is 0 Å². The highest BCUT2D eigenvalue weighted by Crippen LogP contribution is 2.51. The van der Waals surface area contributed by atoms with E-state index >= 15 is 0 Å². The van der Waals surface area contributed by atoms with E-state index in [-0.39, 0.29) is 35.8 Å². The summed E-state index contributed by atoms with van der Waals surface area (Å²) < 4.78 is 4.70. The number of rotatable bonds is 7. The van der Waals surface area contributed by atoms with Gasteiger partial charge in [0.2, 0.25) is 5.91 Å². The van der Waals surface area contributed by atoms with Gasteiger partial charge < -0.3 is 9.64 Å². The summed E-state index contributed by atoms with van der Waals surface area (Å²) in [6.07, 6.45) is 2.26. The number of non-ortho nitro benzene ring substituents is 1. The van der Waals surface area contributed by atoms with Crippen molar-refractivity contribution >= 4 is 35.6 Å². The van der Waals surface area contributed by atoms with Gasteiger partial charge in [-0.1, -0.05) is 0 Å². The minimum atomic E-state index is -0.836. The number of aldehydes is 1. The molecule has 3 atom stereocenters. The summed E-state index contributed by atoms with van der Waals surface area (Å²) in [7, 11) is 0. The van der Waals surface area contributed by atoms with E-state index in [9.17, 15) is 24.5 Å². The molecule has 0 spiro atoms. The van der Waals surface area contributed by atoms with E-state index in [4.69, 9.17) is 4.74 Å². The van der Waals surface area contributed by atoms with E-state index in [1.54, 1.807) is 0 Å². The molecule has 12 heteroatoms. The van der Waals surface area contributed by atoms with Gasteiger partial charge in [-0.05, 0) is 24.6 Å². The second kappa shape index (κ2) is 7.52. The number of hydrogen-bond acceptors (Lipinski definition) is 9. The van der Waals surface area contributed by atoms with Crippen LogP contribution in [0, 0.1) is 10.1 Å². The fourth-order valence-electron chi connectivity index (χ4n) is 3.64. The molecule has 0 N–H and O–H groups in total. The highest BCUT2D eigenvalue weighted by Gasteiger charge is 2.61. The summed E-state index contributed by atoms with van der Waals surface area (Å²) in [5, 5.41) is 18.7. The van der Waals surface area contributed by atoms with Crippen molar-refractivity contribution in [1.82, 2.24) is 19.9 Å². The van der Waals surface area contributed by atoms with Gasteiger partial charge in [-0.15, -0.1) is 11.8 Å². The molecular weight excluding hydrogens is 414 g/mol. The van der Waals surface area contributed by atoms with Crippen LogP contribution in [0.3, 0.4) is 0 Å². The van der Waals surface area contributed by atoms with Crippen LogP contribution in [-0.4, -0.2) is 59.1 Å². The summed E-state index contributed by atoms with van der Waals surface area (Å²) in [4.78, 5) is 49.1. The average Bonchev–Trinajstić information content (AvgIpc) is 3.26. The molecule has 0 radical (unpaired) electrons. The lowest BCUT2D eigenvalue weighted by molar-refractivity contribution is -0.384. The van der Waals surface area contributed by atoms with E-state index in [1.165, 1.54) is 51.9 Å². The number of nitro groups is 1. The standard InChI is InChI=1S/C18H17N5O6S/c1-18(10-21-19-7-12(8-24)20-21)16(22-14(25)6-15(22)30-18)17(26)29-9-11-2-4-13(5-3-11)23(27)28/h2-5,7-8,15-16H,6,9-10H2,1H3/t15-,16+,18+/m1/s1. The number of benzene rings is 1. The van der Waals surface area contributed by atoms with Crippen LogP contribution >= 0.6 is 11.8 Å². The van der Waals surface area contributed by atoms with Gasteiger partial charge >= 0.3 is 5.97 Å². The molecule has 30 heavy (non-hydrogen) atoms. The van der Waals surface area contributed by atoms with Crippen LogP contribution in [0.15, 0.2) is 30.5 Å². The van der Waals surface area contributed by atoms with Gasteiger partial charge in [-0.3, -0.25) is 19.7 Å². The molecule has 2 fully saturated rings. The molecule has 0 unspecified atom stereocenters. The predicted molar refractivity (Wildman–Crippen MR) is 103 cm³/mol. The number of nitrogens with zero attached hydrogens (tertiary/aromatic N) is 5. The molecule has 2 saturated heterocycles. The smallest absolute Gasteiger partial charge is 0.330 e. The normalized spacial score (nSPS) is 24.8. The van der Waals surface area contributed by atoms with Crippen LogP contribution in [-0.2, 0) is 27.5 Å². The Morgan fingerprint density at radius 1 is 1.43 bits per heavy atom. The number of hydrogen-bond donors (Lipinski definition) is 0. The van der Waals surface area contributed by atoms with Crippen molar-refractivity contribution in [2.75, 3.05) is 0 Å². The molecule has 11 nitrogen and oxygen atoms in total. The molecule has 2 aliphatic rings. The van der Waals surface area contributed by atoms with Gasteiger partial charge in [0, 0.05) is 12.1 Å². The highest BCUT2D eigenvalue weighted by molar-refractivity contribution is 8.01. The monoisotopic (exact) mass is 431 g/mol. The quantitative estimate of drug-likeness (QED) is 0.208. The number of β-lactam (4-membered cyclic amide) rings is 1. The lowest BCUT2D eigenvalue weighted by Gasteiger charge is -2.37. The van der Waals surface area contributed by atoms with E-state index in [0.29, 0.717) is 18.3 Å². The fraction of sp³-hybridized carbons (Fsp3) is 0.389. The second-order valence-electron chi connectivity index (χ2n) is 7.24. The first-order valence-electron chi connectivity index (χ1n) is 9.05. The maximum Gasteiger partial charge on any atom is 0.330 e. The number of fused-ring (bicyclic) bond motifs is 1. The lowest BCUT2D eigenvalue weighted by Crippen LogP contribution is -2.58. The number of nitro benzene ring substituents is 1. The summed E-state index contributed by atoms with van der Waals surface area (Å²) in [6.45, 7) is 1.98. The van der Waals surface area contributed by atoms with Gasteiger partial charge in [-0.25, -0.2) is 4.79 Å². The zero-order chi connectivity index (χ0) is 21.5. The van der Waals surface area contributed by atoms with Crippen LogP contribution < -0.4 is 0 Å². The van der Waals surface area contributed by atoms with Crippen LogP contribution in [0.25, 0.3) is 0 Å². The SMILES string of the molecule is C[C@@]1(Cn2ncc(C=O)n2)S[C@@H]2CC(=O)N2[C@H]1C(=O)OCc1ccc([N+](=O)[O-])cc1. The number of thioether (sulfide) groups is 1. The third-order valence-electron chi connectivity index (χ3n) is 5.09. The zero-order valence-corrected chi connectivity index (χ0v) is 16.7. The topological polar surface area (TPSA) is 138 Å². The molecule has 0 saturated carbocycles. The number of ether oxygens (including phenoxy) is 1. The first kappa shape index (κ1) is 20.0. The number of esters is 1. The number of aromatic nitrogens is 3. The molecule has 0 aliphatic carbocycles. The van der Waals surface area contributed by atoms with E-state index in [2.05, 4.69) is 10.2 Å². The second-order valence-corrected chi connectivity index (χ2v) is 8.95. The first-order chi connectivity index (χ1) is 14.3. The molecule has 3 heterocycles. The molecule has 1 amide bonds. The summed E-state index contributed by atoms with van der Waals surface area (Å²) in [5.74, 6) is -0.697. The van der Waals surface area contributed by atoms with Gasteiger partial charge in [0.05, 0.1) is 34.2 Å². The van der Waals surface area contributed by atoms with Crippen molar-refractivity contribution in [3.63, 3.8) is 0 Å². The molecule has 2 aliphatic heterocycles. The maximum absolute atomic E-state index is 13.0. The maximum atomic E-state index is 13.0. The number of carbonyl (C=O) groups is 3. The molecule has 1 aromatic heterocycles. The van der Waals surface area contributed by atoms with Gasteiger partial charge in [-0.2, -0.15) is 15.0 Å². The minimum Gasteiger partial charge on any atom is -0.459 e. The molecule has 0 bridgehead atoms. The van der Waals surface area contributed by atoms with Crippen molar-refractivity contribution in [2.24, 2.45) is 0 Å². The lowest BCUT2D eigenvalue weighted by atomic mass is 9.96. The predicted octanol–water partition coefficient (Wildman–Crippen LogP) is 1.17. The fourth-order valence-corrected chi connectivity index (χ4v) is 5.36. The van der Waals surface area contributed by atoms with Gasteiger partial charge in [0.1, 0.15) is 18.3 Å². The summed E-state index contributed by atoms with van der Waals surface area (Å²) in [6, 6.07) is 4.86. The van der Waals surface area contributed by atoms with E-state index in [0.717, 1.165) is 0 Å². The summed E-state index contributed by atoms with van der Waals surface area (Å²) >= 11 is 1.48. The van der Waals surface area contributed by atoms with Crippen molar-refractivity contribution in [3.05, 3.63) is 51.8 Å². The number of carbonyl (C=O) groups excluding carboxylic acids is 3. The minimum absolute atomic E-state index is 0.0553. The van der Waals surface area contributed by atoms with Gasteiger partial charge in [0.25, 0.3) is 5.69 Å². The molecular formula is C18H17N5O6S. The average molecular weight is 431 g/mol. The van der Waals surface area contributed by atoms with Crippen LogP contribution in [0.4, 0.5) is 5.69 Å². The number of amides is 1. The van der Waals surface area contributed by atoms with Crippen molar-refractivity contribution in [2.45, 2.75) is 42.7 Å². The molecule has 2 aromatic rings. The van der Waals surface area contributed by atoms with Crippen molar-refractivity contribution in [3.8, 4) is 0 Å². The molecule has 1 aromatic carbocycles. The van der Waals surface area contributed by atoms with Crippen LogP contribution in [0.5, 0.6) is 0 Å². The van der Waals surface area contributed by atoms with Crippen molar-refractivity contribution < 1.29 is 24.0 Å². The Hall–Kier alpha value is -3.28. The van der Waals surface area contributed by atoms with Crippen LogP contribution in [0.2, 0.25) is 0 Å².